The number of aryl methyl sites for hydroxylation is 1. The summed E-state index contributed by atoms with van der Waals surface area (Å²) < 4.78 is 11.2. The first-order valence-electron chi connectivity index (χ1n) is 8.96. The summed E-state index contributed by atoms with van der Waals surface area (Å²) >= 11 is 0. The lowest BCUT2D eigenvalue weighted by Crippen LogP contribution is -2.13. The number of carbonyl (C=O) groups is 1. The number of benzene rings is 2. The maximum Gasteiger partial charge on any atom is 0.338 e. The molecule has 0 N–H and O–H groups in total. The standard InChI is InChI=1S/C22H24N2O3/c1-14-6-8-16(9-7-14)20-24-23-19(27-20)15(2)26-21(25)17-10-12-18(13-11-17)22(3,4)5/h6-13,15H,1-5H3/t15-/m0/s1. The van der Waals surface area contributed by atoms with E-state index in [0.29, 0.717) is 11.5 Å². The number of nitrogens with zero attached hydrogens (tertiary/aromatic N) is 2. The molecule has 140 valence electrons. The molecule has 0 amide bonds. The summed E-state index contributed by atoms with van der Waals surface area (Å²) in [5.74, 6) is 0.255. The zero-order valence-corrected chi connectivity index (χ0v) is 16.3. The molecule has 3 rings (SSSR count). The molecular formula is C22H24N2O3. The van der Waals surface area contributed by atoms with Crippen LogP contribution in [0.25, 0.3) is 11.5 Å². The van der Waals surface area contributed by atoms with Gasteiger partial charge in [0.05, 0.1) is 5.56 Å². The van der Waals surface area contributed by atoms with Gasteiger partial charge in [0.25, 0.3) is 5.89 Å². The Bertz CT molecular complexity index is 919. The zero-order chi connectivity index (χ0) is 19.6. The zero-order valence-electron chi connectivity index (χ0n) is 16.3. The normalized spacial score (nSPS) is 12.6. The first-order valence-corrected chi connectivity index (χ1v) is 8.96. The summed E-state index contributed by atoms with van der Waals surface area (Å²) in [6.07, 6.45) is -0.633. The second kappa shape index (κ2) is 7.35. The van der Waals surface area contributed by atoms with Crippen LogP contribution in [0.1, 0.15) is 61.2 Å². The number of aromatic nitrogens is 2. The molecule has 1 heterocycles. The third kappa shape index (κ3) is 4.42. The fraction of sp³-hybridized carbons (Fsp3) is 0.318. The first-order chi connectivity index (χ1) is 12.7. The highest BCUT2D eigenvalue weighted by Gasteiger charge is 2.21. The largest absolute Gasteiger partial charge is 0.449 e. The second-order valence-electron chi connectivity index (χ2n) is 7.69. The van der Waals surface area contributed by atoms with Crippen molar-refractivity contribution < 1.29 is 13.9 Å². The van der Waals surface area contributed by atoms with Crippen LogP contribution in [0.5, 0.6) is 0 Å². The SMILES string of the molecule is Cc1ccc(-c2nnc([C@H](C)OC(=O)c3ccc(C(C)(C)C)cc3)o2)cc1. The van der Waals surface area contributed by atoms with E-state index in [1.54, 1.807) is 19.1 Å². The van der Waals surface area contributed by atoms with Crippen LogP contribution in [0.3, 0.4) is 0 Å². The Balaban J connectivity index is 1.69. The Hall–Kier alpha value is -2.95. The molecule has 0 fully saturated rings. The summed E-state index contributed by atoms with van der Waals surface area (Å²) in [6.45, 7) is 10.1. The van der Waals surface area contributed by atoms with Gasteiger partial charge in [0.1, 0.15) is 0 Å². The minimum Gasteiger partial charge on any atom is -0.449 e. The highest BCUT2D eigenvalue weighted by Crippen LogP contribution is 2.25. The molecular weight excluding hydrogens is 340 g/mol. The molecule has 0 aliphatic rings. The highest BCUT2D eigenvalue weighted by molar-refractivity contribution is 5.89. The Labute approximate surface area is 159 Å². The summed E-state index contributed by atoms with van der Waals surface area (Å²) in [4.78, 5) is 12.4. The molecule has 0 saturated carbocycles. The van der Waals surface area contributed by atoms with Crippen LogP contribution in [-0.4, -0.2) is 16.2 Å². The van der Waals surface area contributed by atoms with Gasteiger partial charge in [-0.3, -0.25) is 0 Å². The van der Waals surface area contributed by atoms with E-state index >= 15 is 0 Å². The second-order valence-corrected chi connectivity index (χ2v) is 7.69. The number of rotatable bonds is 4. The van der Waals surface area contributed by atoms with E-state index in [1.807, 2.05) is 43.3 Å². The van der Waals surface area contributed by atoms with E-state index in [9.17, 15) is 4.79 Å². The Kier molecular flexibility index (Phi) is 5.13. The molecule has 2 aromatic carbocycles. The smallest absolute Gasteiger partial charge is 0.338 e. The minimum absolute atomic E-state index is 0.0336. The van der Waals surface area contributed by atoms with Crippen LogP contribution in [0.4, 0.5) is 0 Å². The first kappa shape index (κ1) is 18.8. The average Bonchev–Trinajstić information content (AvgIpc) is 3.12. The average molecular weight is 364 g/mol. The maximum absolute atomic E-state index is 12.4. The molecule has 27 heavy (non-hydrogen) atoms. The van der Waals surface area contributed by atoms with Crippen molar-refractivity contribution in [3.8, 4) is 11.5 Å². The van der Waals surface area contributed by atoms with Crippen molar-refractivity contribution >= 4 is 5.97 Å². The van der Waals surface area contributed by atoms with Crippen LogP contribution >= 0.6 is 0 Å². The summed E-state index contributed by atoms with van der Waals surface area (Å²) in [5, 5.41) is 8.06. The summed E-state index contributed by atoms with van der Waals surface area (Å²) in [7, 11) is 0. The van der Waals surface area contributed by atoms with Crippen molar-refractivity contribution in [2.24, 2.45) is 0 Å². The lowest BCUT2D eigenvalue weighted by atomic mass is 9.87. The van der Waals surface area contributed by atoms with Gasteiger partial charge in [-0.25, -0.2) is 4.79 Å². The van der Waals surface area contributed by atoms with Crippen LogP contribution in [0.15, 0.2) is 52.9 Å². The molecule has 0 spiro atoms. The quantitative estimate of drug-likeness (QED) is 0.591. The van der Waals surface area contributed by atoms with Crippen molar-refractivity contribution in [1.29, 1.82) is 0 Å². The molecule has 0 unspecified atom stereocenters. The molecule has 5 heteroatoms. The predicted octanol–water partition coefficient (Wildman–Crippen LogP) is 5.26. The predicted molar refractivity (Wildman–Crippen MR) is 103 cm³/mol. The van der Waals surface area contributed by atoms with Crippen molar-refractivity contribution in [2.75, 3.05) is 0 Å². The van der Waals surface area contributed by atoms with Gasteiger partial charge in [-0.15, -0.1) is 10.2 Å². The number of ether oxygens (including phenoxy) is 1. The van der Waals surface area contributed by atoms with E-state index in [2.05, 4.69) is 31.0 Å². The number of hydrogen-bond acceptors (Lipinski definition) is 5. The van der Waals surface area contributed by atoms with Gasteiger partial charge < -0.3 is 9.15 Å². The molecule has 0 aliphatic carbocycles. The Morgan fingerprint density at radius 3 is 2.22 bits per heavy atom. The molecule has 1 atom stereocenters. The van der Waals surface area contributed by atoms with Gasteiger partial charge in [0, 0.05) is 5.56 Å². The Morgan fingerprint density at radius 2 is 1.63 bits per heavy atom. The highest BCUT2D eigenvalue weighted by atomic mass is 16.6. The van der Waals surface area contributed by atoms with Gasteiger partial charge in [-0.2, -0.15) is 0 Å². The van der Waals surface area contributed by atoms with Gasteiger partial charge >= 0.3 is 5.97 Å². The van der Waals surface area contributed by atoms with E-state index in [-0.39, 0.29) is 11.3 Å². The summed E-state index contributed by atoms with van der Waals surface area (Å²) in [6, 6.07) is 15.2. The van der Waals surface area contributed by atoms with E-state index in [1.165, 1.54) is 0 Å². The third-order valence-corrected chi connectivity index (χ3v) is 4.36. The number of hydrogen-bond donors (Lipinski definition) is 0. The van der Waals surface area contributed by atoms with Crippen molar-refractivity contribution in [3.05, 3.63) is 71.1 Å². The summed E-state index contributed by atoms with van der Waals surface area (Å²) in [5.41, 5.74) is 3.67. The van der Waals surface area contributed by atoms with Crippen LogP contribution in [-0.2, 0) is 10.2 Å². The molecule has 0 radical (unpaired) electrons. The van der Waals surface area contributed by atoms with E-state index in [4.69, 9.17) is 9.15 Å². The van der Waals surface area contributed by atoms with Crippen LogP contribution in [0, 0.1) is 6.92 Å². The van der Waals surface area contributed by atoms with Crippen LogP contribution in [0.2, 0.25) is 0 Å². The van der Waals surface area contributed by atoms with Crippen LogP contribution < -0.4 is 0 Å². The third-order valence-electron chi connectivity index (χ3n) is 4.36. The maximum atomic E-state index is 12.4. The Morgan fingerprint density at radius 1 is 1.00 bits per heavy atom. The molecule has 3 aromatic rings. The number of carbonyl (C=O) groups excluding carboxylic acids is 1. The van der Waals surface area contributed by atoms with Crippen molar-refractivity contribution in [1.82, 2.24) is 10.2 Å². The van der Waals surface area contributed by atoms with E-state index < -0.39 is 12.1 Å². The molecule has 0 bridgehead atoms. The molecule has 0 saturated heterocycles. The fourth-order valence-corrected chi connectivity index (χ4v) is 2.60. The molecule has 0 aliphatic heterocycles. The van der Waals surface area contributed by atoms with Gasteiger partial charge in [0.15, 0.2) is 6.10 Å². The lowest BCUT2D eigenvalue weighted by molar-refractivity contribution is 0.0280. The monoisotopic (exact) mass is 364 g/mol. The fourth-order valence-electron chi connectivity index (χ4n) is 2.60. The lowest BCUT2D eigenvalue weighted by Gasteiger charge is -2.19. The van der Waals surface area contributed by atoms with E-state index in [0.717, 1.165) is 16.7 Å². The molecule has 1 aromatic heterocycles. The number of esters is 1. The molecule has 5 nitrogen and oxygen atoms in total. The van der Waals surface area contributed by atoms with Crippen molar-refractivity contribution in [3.63, 3.8) is 0 Å². The topological polar surface area (TPSA) is 65.2 Å². The van der Waals surface area contributed by atoms with Gasteiger partial charge in [0.2, 0.25) is 5.89 Å². The van der Waals surface area contributed by atoms with Gasteiger partial charge in [-0.1, -0.05) is 50.6 Å². The van der Waals surface area contributed by atoms with Crippen molar-refractivity contribution in [2.45, 2.75) is 46.1 Å². The van der Waals surface area contributed by atoms with Gasteiger partial charge in [-0.05, 0) is 49.1 Å². The minimum atomic E-state index is -0.633.